The minimum atomic E-state index is -3.59. The van der Waals surface area contributed by atoms with Gasteiger partial charge in [0.2, 0.25) is 0 Å². The highest BCUT2D eigenvalue weighted by atomic mass is 19.3. The monoisotopic (exact) mass is 344 g/mol. The van der Waals surface area contributed by atoms with Crippen LogP contribution in [0.4, 0.5) is 8.78 Å². The van der Waals surface area contributed by atoms with Gasteiger partial charge in [0.25, 0.3) is 0 Å². The third kappa shape index (κ3) is 3.16. The molecule has 4 nitrogen and oxygen atoms in total. The Labute approximate surface area is 141 Å². The average Bonchev–Trinajstić information content (AvgIpc) is 2.48. The van der Waals surface area contributed by atoms with Crippen LogP contribution in [0.1, 0.15) is 58.8 Å². The van der Waals surface area contributed by atoms with Gasteiger partial charge in [0.15, 0.2) is 6.61 Å². The third-order valence-electron chi connectivity index (χ3n) is 6.14. The summed E-state index contributed by atoms with van der Waals surface area (Å²) in [5, 5.41) is 0. The Balaban J connectivity index is 1.66. The second-order valence-corrected chi connectivity index (χ2v) is 7.95. The van der Waals surface area contributed by atoms with E-state index in [-0.39, 0.29) is 0 Å². The number of carbonyl (C=O) groups excluding carboxylic acids is 2. The summed E-state index contributed by atoms with van der Waals surface area (Å²) in [5.74, 6) is -3.77. The highest BCUT2D eigenvalue weighted by Crippen LogP contribution is 2.60. The van der Waals surface area contributed by atoms with Crippen molar-refractivity contribution in [2.75, 3.05) is 6.61 Å². The smallest absolute Gasteiger partial charge is 0.377 e. The van der Waals surface area contributed by atoms with Gasteiger partial charge in [-0.3, -0.25) is 0 Å². The fraction of sp³-hybridized carbons (Fsp3) is 0.889. The highest BCUT2D eigenvalue weighted by molar-refractivity contribution is 5.80. The maximum absolute atomic E-state index is 12.8. The van der Waals surface area contributed by atoms with Crippen LogP contribution < -0.4 is 0 Å². The number of alkyl halides is 2. The zero-order valence-corrected chi connectivity index (χ0v) is 14.4. The molecule has 0 unspecified atom stereocenters. The first-order valence-corrected chi connectivity index (χ1v) is 9.01. The van der Waals surface area contributed by atoms with Crippen LogP contribution in [0.2, 0.25) is 0 Å². The number of rotatable bonds is 6. The van der Waals surface area contributed by atoms with E-state index in [1.807, 2.05) is 0 Å². The van der Waals surface area contributed by atoms with Crippen molar-refractivity contribution < 1.29 is 27.8 Å². The van der Waals surface area contributed by atoms with E-state index in [0.29, 0.717) is 18.8 Å². The van der Waals surface area contributed by atoms with Gasteiger partial charge in [-0.2, -0.15) is 8.78 Å². The Kier molecular flexibility index (Phi) is 4.60. The van der Waals surface area contributed by atoms with Crippen molar-refractivity contribution in [3.05, 3.63) is 0 Å². The molecule has 0 amide bonds. The molecule has 0 aromatic heterocycles. The van der Waals surface area contributed by atoms with E-state index in [9.17, 15) is 18.4 Å². The first-order valence-electron chi connectivity index (χ1n) is 9.01. The molecule has 0 atom stereocenters. The molecule has 0 heterocycles. The number of hydrogen-bond acceptors (Lipinski definition) is 4. The molecule has 4 saturated carbocycles. The van der Waals surface area contributed by atoms with Crippen molar-refractivity contribution in [3.8, 4) is 0 Å². The van der Waals surface area contributed by atoms with Gasteiger partial charge >= 0.3 is 17.9 Å². The summed E-state index contributed by atoms with van der Waals surface area (Å²) >= 11 is 0. The van der Waals surface area contributed by atoms with Crippen molar-refractivity contribution in [2.45, 2.75) is 70.3 Å². The van der Waals surface area contributed by atoms with Crippen LogP contribution in [0, 0.1) is 23.7 Å². The quantitative estimate of drug-likeness (QED) is 0.689. The topological polar surface area (TPSA) is 52.6 Å². The predicted octanol–water partition coefficient (Wildman–Crippen LogP) is 3.72. The number of hydrogen-bond donors (Lipinski definition) is 0. The Bertz CT molecular complexity index is 484. The summed E-state index contributed by atoms with van der Waals surface area (Å²) in [6.07, 6.45) is 7.36. The largest absolute Gasteiger partial charge is 0.456 e. The second-order valence-electron chi connectivity index (χ2n) is 7.95. The summed E-state index contributed by atoms with van der Waals surface area (Å²) in [4.78, 5) is 23.3. The van der Waals surface area contributed by atoms with Crippen molar-refractivity contribution in [1.82, 2.24) is 0 Å². The molecule has 4 fully saturated rings. The lowest BCUT2D eigenvalue weighted by Crippen LogP contribution is -2.59. The van der Waals surface area contributed by atoms with Crippen molar-refractivity contribution in [3.63, 3.8) is 0 Å². The Hall–Kier alpha value is -1.20. The van der Waals surface area contributed by atoms with E-state index in [1.165, 1.54) is 6.42 Å². The van der Waals surface area contributed by atoms with Gasteiger partial charge in [0.1, 0.15) is 5.60 Å². The molecule has 24 heavy (non-hydrogen) atoms. The molecule has 4 rings (SSSR count). The molecule has 0 radical (unpaired) electrons. The van der Waals surface area contributed by atoms with Crippen LogP contribution in [-0.2, 0) is 19.1 Å². The molecule has 4 aliphatic carbocycles. The summed E-state index contributed by atoms with van der Waals surface area (Å²) in [5.41, 5.74) is -0.486. The SMILES string of the molecule is CCCC1(OC(=O)COC(=O)C(C)(F)F)C2CC3CC(C2)CC1C3. The van der Waals surface area contributed by atoms with E-state index in [0.717, 1.165) is 50.4 Å². The molecular formula is C18H26F2O4. The van der Waals surface area contributed by atoms with Crippen LogP contribution in [0.3, 0.4) is 0 Å². The van der Waals surface area contributed by atoms with Gasteiger partial charge in [0.05, 0.1) is 0 Å². The van der Waals surface area contributed by atoms with E-state index >= 15 is 0 Å². The molecule has 0 aromatic carbocycles. The molecule has 0 saturated heterocycles. The zero-order chi connectivity index (χ0) is 17.5. The maximum atomic E-state index is 12.8. The van der Waals surface area contributed by atoms with Gasteiger partial charge in [-0.15, -0.1) is 0 Å². The normalized spacial score (nSPS) is 37.3. The third-order valence-corrected chi connectivity index (χ3v) is 6.14. The van der Waals surface area contributed by atoms with Crippen LogP contribution in [0.5, 0.6) is 0 Å². The van der Waals surface area contributed by atoms with Crippen molar-refractivity contribution in [1.29, 1.82) is 0 Å². The zero-order valence-electron chi connectivity index (χ0n) is 14.4. The standard InChI is InChI=1S/C18H26F2O4/c1-3-4-18(24-15(21)10-23-16(22)17(2,19)20)13-6-11-5-12(8-13)9-14(18)7-11/h11-14H,3-10H2,1-2H3. The van der Waals surface area contributed by atoms with Crippen molar-refractivity contribution in [2.24, 2.45) is 23.7 Å². The van der Waals surface area contributed by atoms with E-state index < -0.39 is 30.1 Å². The lowest BCUT2D eigenvalue weighted by Gasteiger charge is -2.60. The van der Waals surface area contributed by atoms with Crippen LogP contribution in [-0.4, -0.2) is 30.1 Å². The van der Waals surface area contributed by atoms with Crippen molar-refractivity contribution >= 4 is 11.9 Å². The fourth-order valence-corrected chi connectivity index (χ4v) is 5.49. The highest BCUT2D eigenvalue weighted by Gasteiger charge is 2.59. The molecule has 4 bridgehead atoms. The first-order chi connectivity index (χ1) is 11.2. The van der Waals surface area contributed by atoms with E-state index in [2.05, 4.69) is 11.7 Å². The summed E-state index contributed by atoms with van der Waals surface area (Å²) in [6.45, 7) is 1.79. The molecule has 0 N–H and O–H groups in total. The Morgan fingerprint density at radius 2 is 1.62 bits per heavy atom. The Morgan fingerprint density at radius 1 is 1.08 bits per heavy atom. The average molecular weight is 344 g/mol. The molecule has 4 aliphatic rings. The molecule has 136 valence electrons. The summed E-state index contributed by atoms with van der Waals surface area (Å²) < 4.78 is 35.9. The first kappa shape index (κ1) is 17.6. The molecule has 0 spiro atoms. The fourth-order valence-electron chi connectivity index (χ4n) is 5.49. The minimum Gasteiger partial charge on any atom is -0.456 e. The van der Waals surface area contributed by atoms with Crippen LogP contribution in [0.25, 0.3) is 0 Å². The van der Waals surface area contributed by atoms with Gasteiger partial charge < -0.3 is 9.47 Å². The van der Waals surface area contributed by atoms with Gasteiger partial charge in [-0.1, -0.05) is 13.3 Å². The lowest BCUT2D eigenvalue weighted by atomic mass is 9.49. The predicted molar refractivity (Wildman–Crippen MR) is 82.4 cm³/mol. The molecular weight excluding hydrogens is 318 g/mol. The second kappa shape index (κ2) is 6.26. The maximum Gasteiger partial charge on any atom is 0.377 e. The molecule has 0 aliphatic heterocycles. The van der Waals surface area contributed by atoms with Gasteiger partial charge in [-0.05, 0) is 62.2 Å². The molecule has 6 heteroatoms. The van der Waals surface area contributed by atoms with E-state index in [1.54, 1.807) is 0 Å². The number of ether oxygens (including phenoxy) is 2. The summed E-state index contributed by atoms with van der Waals surface area (Å²) in [7, 11) is 0. The minimum absolute atomic E-state index is 0.362. The Morgan fingerprint density at radius 3 is 2.08 bits per heavy atom. The molecule has 0 aromatic rings. The van der Waals surface area contributed by atoms with Gasteiger partial charge in [-0.25, -0.2) is 9.59 Å². The number of esters is 2. The summed E-state index contributed by atoms with van der Waals surface area (Å²) in [6, 6.07) is 0. The number of carbonyl (C=O) groups is 2. The van der Waals surface area contributed by atoms with Crippen LogP contribution in [0.15, 0.2) is 0 Å². The van der Waals surface area contributed by atoms with E-state index in [4.69, 9.17) is 4.74 Å². The lowest BCUT2D eigenvalue weighted by molar-refractivity contribution is -0.217. The van der Waals surface area contributed by atoms with Crippen LogP contribution >= 0.6 is 0 Å². The van der Waals surface area contributed by atoms with Gasteiger partial charge in [0, 0.05) is 6.92 Å². The number of halogens is 2.